The quantitative estimate of drug-likeness (QED) is 0.303. The summed E-state index contributed by atoms with van der Waals surface area (Å²) in [5.41, 5.74) is 10.0. The first-order chi connectivity index (χ1) is 16.9. The van der Waals surface area contributed by atoms with Crippen molar-refractivity contribution in [2.45, 2.75) is 50.6 Å². The summed E-state index contributed by atoms with van der Waals surface area (Å²) >= 11 is 7.55. The maximum Gasteiger partial charge on any atom is 0.251 e. The monoisotopic (exact) mass is 509 g/mol. The summed E-state index contributed by atoms with van der Waals surface area (Å²) in [6.07, 6.45) is 2.37. The minimum absolute atomic E-state index is 0.0994. The third-order valence-corrected chi connectivity index (χ3v) is 7.14. The van der Waals surface area contributed by atoms with Crippen LogP contribution in [0, 0.1) is 6.92 Å². The van der Waals surface area contributed by atoms with Gasteiger partial charge in [0.25, 0.3) is 5.91 Å². The Labute approximate surface area is 217 Å². The van der Waals surface area contributed by atoms with Gasteiger partial charge in [0.05, 0.1) is 6.04 Å². The predicted molar refractivity (Wildman–Crippen MR) is 144 cm³/mol. The van der Waals surface area contributed by atoms with Gasteiger partial charge in [0.2, 0.25) is 5.91 Å². The van der Waals surface area contributed by atoms with E-state index < -0.39 is 6.04 Å². The molecule has 0 heterocycles. The highest BCUT2D eigenvalue weighted by atomic mass is 35.5. The maximum absolute atomic E-state index is 12.6. The molecule has 1 unspecified atom stereocenters. The smallest absolute Gasteiger partial charge is 0.251 e. The van der Waals surface area contributed by atoms with Crippen LogP contribution in [0.2, 0.25) is 5.02 Å². The van der Waals surface area contributed by atoms with E-state index >= 15 is 0 Å². The topological polar surface area (TPSA) is 75.4 Å². The molecule has 0 radical (unpaired) electrons. The fraction of sp³-hybridized carbons (Fsp3) is 0.286. The lowest BCUT2D eigenvalue weighted by atomic mass is 10.0. The average Bonchev–Trinajstić information content (AvgIpc) is 2.84. The molecule has 1 atom stereocenters. The van der Waals surface area contributed by atoms with E-state index in [4.69, 9.17) is 17.3 Å². The largest absolute Gasteiger partial charge is 0.368 e. The molecule has 0 saturated carbocycles. The Morgan fingerprint density at radius 3 is 2.34 bits per heavy atom. The van der Waals surface area contributed by atoms with Crippen LogP contribution in [0.3, 0.4) is 0 Å². The van der Waals surface area contributed by atoms with E-state index in [9.17, 15) is 9.59 Å². The highest BCUT2D eigenvalue weighted by Crippen LogP contribution is 2.30. The maximum atomic E-state index is 12.6. The molecule has 35 heavy (non-hydrogen) atoms. The zero-order chi connectivity index (χ0) is 25.2. The molecule has 3 aromatic rings. The highest BCUT2D eigenvalue weighted by molar-refractivity contribution is 7.97. The number of rotatable bonds is 12. The van der Waals surface area contributed by atoms with Gasteiger partial charge in [0, 0.05) is 28.6 Å². The Balaban J connectivity index is 1.78. The number of carbonyl (C=O) groups excluding carboxylic acids is 2. The fourth-order valence-corrected chi connectivity index (χ4v) is 5.05. The predicted octanol–water partition coefficient (Wildman–Crippen LogP) is 5.78. The molecule has 0 aromatic heterocycles. The molecule has 3 rings (SSSR count). The summed E-state index contributed by atoms with van der Waals surface area (Å²) < 4.78 is 2.03. The molecule has 0 bridgehead atoms. The Morgan fingerprint density at radius 1 is 1.03 bits per heavy atom. The summed E-state index contributed by atoms with van der Waals surface area (Å²) in [6.45, 7) is 5.07. The molecular formula is C28H32ClN3O2S. The normalized spacial score (nSPS) is 11.9. The lowest BCUT2D eigenvalue weighted by molar-refractivity contribution is -0.121. The zero-order valence-electron chi connectivity index (χ0n) is 20.2. The molecule has 5 nitrogen and oxygen atoms in total. The Morgan fingerprint density at radius 2 is 1.71 bits per heavy atom. The van der Waals surface area contributed by atoms with Crippen molar-refractivity contribution in [2.75, 3.05) is 6.54 Å². The van der Waals surface area contributed by atoms with Crippen molar-refractivity contribution in [2.24, 2.45) is 5.73 Å². The van der Waals surface area contributed by atoms with Crippen molar-refractivity contribution < 1.29 is 9.59 Å². The van der Waals surface area contributed by atoms with Crippen LogP contribution in [0.5, 0.6) is 0 Å². The molecule has 2 amide bonds. The van der Waals surface area contributed by atoms with Gasteiger partial charge < -0.3 is 11.1 Å². The number of amides is 2. The van der Waals surface area contributed by atoms with E-state index in [0.29, 0.717) is 30.1 Å². The number of nitrogens with one attached hydrogen (secondary N) is 1. The summed E-state index contributed by atoms with van der Waals surface area (Å²) in [4.78, 5) is 25.7. The molecule has 3 N–H and O–H groups in total. The Hall–Kier alpha value is -2.80. The third kappa shape index (κ3) is 8.13. The first kappa shape index (κ1) is 26.8. The first-order valence-corrected chi connectivity index (χ1v) is 12.9. The third-order valence-electron chi connectivity index (χ3n) is 5.79. The van der Waals surface area contributed by atoms with E-state index in [2.05, 4.69) is 24.4 Å². The number of benzene rings is 3. The van der Waals surface area contributed by atoms with Crippen LogP contribution in [-0.4, -0.2) is 28.7 Å². The van der Waals surface area contributed by atoms with Gasteiger partial charge in [-0.1, -0.05) is 48.0 Å². The van der Waals surface area contributed by atoms with Gasteiger partial charge in [-0.2, -0.15) is 0 Å². The molecule has 0 saturated heterocycles. The fourth-order valence-electron chi connectivity index (χ4n) is 3.85. The summed E-state index contributed by atoms with van der Waals surface area (Å²) in [5.74, 6) is -0.451. The minimum atomic E-state index is -0.456. The number of nitrogens with zero attached hydrogens (tertiary/aromatic N) is 1. The number of primary amides is 1. The molecule has 0 aliphatic rings. The van der Waals surface area contributed by atoms with E-state index in [1.54, 1.807) is 0 Å². The van der Waals surface area contributed by atoms with Crippen molar-refractivity contribution >= 4 is 35.4 Å². The first-order valence-electron chi connectivity index (χ1n) is 11.8. The number of aryl methyl sites for hydroxylation is 2. The van der Waals surface area contributed by atoms with Crippen LogP contribution in [-0.2, 0) is 17.8 Å². The van der Waals surface area contributed by atoms with Gasteiger partial charge in [-0.25, -0.2) is 4.31 Å². The van der Waals surface area contributed by atoms with Crippen LogP contribution < -0.4 is 11.1 Å². The van der Waals surface area contributed by atoms with Crippen LogP contribution >= 0.6 is 23.5 Å². The molecular weight excluding hydrogens is 478 g/mol. The van der Waals surface area contributed by atoms with Crippen molar-refractivity contribution in [1.82, 2.24) is 9.62 Å². The number of nitrogens with two attached hydrogens (primary N) is 1. The molecule has 7 heteroatoms. The van der Waals surface area contributed by atoms with Crippen molar-refractivity contribution in [1.29, 1.82) is 0 Å². The van der Waals surface area contributed by atoms with E-state index in [0.717, 1.165) is 23.3 Å². The minimum Gasteiger partial charge on any atom is -0.368 e. The molecule has 0 fully saturated rings. The van der Waals surface area contributed by atoms with Crippen molar-refractivity contribution in [3.63, 3.8) is 0 Å². The lowest BCUT2D eigenvalue weighted by Crippen LogP contribution is -2.40. The molecule has 0 spiro atoms. The van der Waals surface area contributed by atoms with Crippen LogP contribution in [0.15, 0.2) is 77.7 Å². The number of carbonyl (C=O) groups is 2. The van der Waals surface area contributed by atoms with E-state index in [-0.39, 0.29) is 11.8 Å². The molecule has 3 aromatic carbocycles. The number of halogens is 1. The number of hydrogen-bond acceptors (Lipinski definition) is 4. The summed E-state index contributed by atoms with van der Waals surface area (Å²) in [5, 5.41) is 3.47. The standard InChI is InChI=1S/C28H32ClN3O2S/c1-3-31-28(34)23-13-11-21(12-14-23)19-32(35-25-17-15-24(29)16-18-25)26(27(30)33)10-6-9-22-8-5-4-7-20(22)2/h4-5,7-8,11-18,26H,3,6,9-10,19H2,1-2H3,(H2,30,33)(H,31,34). The van der Waals surface area contributed by atoms with Crippen LogP contribution in [0.4, 0.5) is 0 Å². The van der Waals surface area contributed by atoms with Gasteiger partial charge >= 0.3 is 0 Å². The van der Waals surface area contributed by atoms with Gasteiger partial charge in [-0.3, -0.25) is 9.59 Å². The lowest BCUT2D eigenvalue weighted by Gasteiger charge is -2.29. The summed E-state index contributed by atoms with van der Waals surface area (Å²) in [6, 6.07) is 22.9. The Kier molecular flexibility index (Phi) is 10.2. The molecule has 0 aliphatic carbocycles. The average molecular weight is 510 g/mol. The second kappa shape index (κ2) is 13.3. The highest BCUT2D eigenvalue weighted by Gasteiger charge is 2.25. The zero-order valence-corrected chi connectivity index (χ0v) is 21.7. The van der Waals surface area contributed by atoms with E-state index in [1.165, 1.54) is 23.1 Å². The van der Waals surface area contributed by atoms with Gasteiger partial charge in [0.1, 0.15) is 0 Å². The molecule has 0 aliphatic heterocycles. The van der Waals surface area contributed by atoms with Crippen molar-refractivity contribution in [3.05, 3.63) is 100 Å². The van der Waals surface area contributed by atoms with E-state index in [1.807, 2.05) is 71.9 Å². The van der Waals surface area contributed by atoms with Crippen LogP contribution in [0.1, 0.15) is 46.8 Å². The second-order valence-electron chi connectivity index (χ2n) is 8.41. The SMILES string of the molecule is CCNC(=O)c1ccc(CN(Sc2ccc(Cl)cc2)C(CCCc2ccccc2C)C(N)=O)cc1. The second-order valence-corrected chi connectivity index (χ2v) is 9.97. The van der Waals surface area contributed by atoms with Gasteiger partial charge in [-0.05, 0) is 98.1 Å². The molecule has 184 valence electrons. The van der Waals surface area contributed by atoms with Gasteiger partial charge in [0.15, 0.2) is 0 Å². The van der Waals surface area contributed by atoms with Crippen molar-refractivity contribution in [3.8, 4) is 0 Å². The van der Waals surface area contributed by atoms with Crippen LogP contribution in [0.25, 0.3) is 0 Å². The Bertz CT molecular complexity index is 1120. The number of hydrogen-bond donors (Lipinski definition) is 2. The summed E-state index contributed by atoms with van der Waals surface area (Å²) in [7, 11) is 0. The van der Waals surface area contributed by atoms with Gasteiger partial charge in [-0.15, -0.1) is 0 Å².